The SMILES string of the molecule is Cc1cncc(-c2nccnn2)c1. The highest BCUT2D eigenvalue weighted by Gasteiger charge is 1.99. The van der Waals surface area contributed by atoms with Gasteiger partial charge in [0.05, 0.1) is 6.20 Å². The molecule has 0 aromatic carbocycles. The highest BCUT2D eigenvalue weighted by atomic mass is 15.1. The Morgan fingerprint density at radius 2 is 2.08 bits per heavy atom. The monoisotopic (exact) mass is 172 g/mol. The van der Waals surface area contributed by atoms with Crippen molar-refractivity contribution in [3.63, 3.8) is 0 Å². The van der Waals surface area contributed by atoms with E-state index in [1.165, 1.54) is 0 Å². The van der Waals surface area contributed by atoms with Crippen molar-refractivity contribution in [3.8, 4) is 11.4 Å². The molecule has 0 fully saturated rings. The zero-order valence-electron chi connectivity index (χ0n) is 7.18. The topological polar surface area (TPSA) is 51.6 Å². The molecule has 0 saturated carbocycles. The van der Waals surface area contributed by atoms with Gasteiger partial charge < -0.3 is 0 Å². The van der Waals surface area contributed by atoms with E-state index in [4.69, 9.17) is 0 Å². The number of rotatable bonds is 1. The Labute approximate surface area is 75.7 Å². The van der Waals surface area contributed by atoms with E-state index in [1.807, 2.05) is 13.0 Å². The van der Waals surface area contributed by atoms with Gasteiger partial charge in [0.1, 0.15) is 0 Å². The third kappa shape index (κ3) is 1.66. The smallest absolute Gasteiger partial charge is 0.183 e. The lowest BCUT2D eigenvalue weighted by atomic mass is 10.2. The van der Waals surface area contributed by atoms with Gasteiger partial charge in [-0.1, -0.05) is 0 Å². The summed E-state index contributed by atoms with van der Waals surface area (Å²) in [4.78, 5) is 8.13. The Morgan fingerprint density at radius 3 is 2.77 bits per heavy atom. The molecule has 64 valence electrons. The van der Waals surface area contributed by atoms with Crippen LogP contribution in [-0.4, -0.2) is 20.2 Å². The van der Waals surface area contributed by atoms with Crippen LogP contribution in [0.2, 0.25) is 0 Å². The van der Waals surface area contributed by atoms with Crippen molar-refractivity contribution in [1.29, 1.82) is 0 Å². The van der Waals surface area contributed by atoms with Crippen molar-refractivity contribution < 1.29 is 0 Å². The maximum absolute atomic E-state index is 4.08. The van der Waals surface area contributed by atoms with E-state index in [1.54, 1.807) is 24.8 Å². The van der Waals surface area contributed by atoms with Crippen LogP contribution in [0.1, 0.15) is 5.56 Å². The third-order valence-corrected chi connectivity index (χ3v) is 1.62. The van der Waals surface area contributed by atoms with Gasteiger partial charge >= 0.3 is 0 Å². The summed E-state index contributed by atoms with van der Waals surface area (Å²) < 4.78 is 0. The largest absolute Gasteiger partial charge is 0.264 e. The summed E-state index contributed by atoms with van der Waals surface area (Å²) >= 11 is 0. The normalized spacial score (nSPS) is 9.92. The lowest BCUT2D eigenvalue weighted by Crippen LogP contribution is -1.91. The van der Waals surface area contributed by atoms with E-state index >= 15 is 0 Å². The van der Waals surface area contributed by atoms with Gasteiger partial charge in [-0.2, -0.15) is 5.10 Å². The number of hydrogen-bond donors (Lipinski definition) is 0. The molecule has 0 aliphatic heterocycles. The molecule has 0 bridgehead atoms. The molecular weight excluding hydrogens is 164 g/mol. The first-order valence-corrected chi connectivity index (χ1v) is 3.92. The number of pyridine rings is 1. The second kappa shape index (κ2) is 3.26. The van der Waals surface area contributed by atoms with E-state index in [2.05, 4.69) is 20.2 Å². The quantitative estimate of drug-likeness (QED) is 0.649. The molecule has 2 heterocycles. The predicted molar refractivity (Wildman–Crippen MR) is 47.8 cm³/mol. The van der Waals surface area contributed by atoms with Crippen LogP contribution in [0.25, 0.3) is 11.4 Å². The Morgan fingerprint density at radius 1 is 1.15 bits per heavy atom. The molecule has 4 heteroatoms. The highest BCUT2D eigenvalue weighted by molar-refractivity contribution is 5.53. The molecule has 4 nitrogen and oxygen atoms in total. The first-order valence-electron chi connectivity index (χ1n) is 3.92. The minimum atomic E-state index is 0.610. The first kappa shape index (κ1) is 7.79. The van der Waals surface area contributed by atoms with Gasteiger partial charge in [-0.05, 0) is 18.6 Å². The summed E-state index contributed by atoms with van der Waals surface area (Å²) in [6.07, 6.45) is 6.68. The number of nitrogens with zero attached hydrogens (tertiary/aromatic N) is 4. The van der Waals surface area contributed by atoms with Crippen molar-refractivity contribution in [1.82, 2.24) is 20.2 Å². The van der Waals surface area contributed by atoms with Gasteiger partial charge in [0.25, 0.3) is 0 Å². The lowest BCUT2D eigenvalue weighted by molar-refractivity contribution is 0.977. The molecule has 0 unspecified atom stereocenters. The summed E-state index contributed by atoms with van der Waals surface area (Å²) in [7, 11) is 0. The highest BCUT2D eigenvalue weighted by Crippen LogP contribution is 2.12. The standard InChI is InChI=1S/C9H8N4/c1-7-4-8(6-10-5-7)9-11-2-3-12-13-9/h2-6H,1H3. The summed E-state index contributed by atoms with van der Waals surface area (Å²) in [5.41, 5.74) is 1.98. The zero-order chi connectivity index (χ0) is 9.10. The van der Waals surface area contributed by atoms with E-state index in [0.29, 0.717) is 5.82 Å². The molecule has 0 atom stereocenters. The van der Waals surface area contributed by atoms with Crippen LogP contribution in [0.15, 0.2) is 30.9 Å². The average molecular weight is 172 g/mol. The van der Waals surface area contributed by atoms with Gasteiger partial charge in [0.15, 0.2) is 5.82 Å². The van der Waals surface area contributed by atoms with E-state index in [9.17, 15) is 0 Å². The fraction of sp³-hybridized carbons (Fsp3) is 0.111. The van der Waals surface area contributed by atoms with Gasteiger partial charge in [-0.3, -0.25) is 4.98 Å². The van der Waals surface area contributed by atoms with Crippen LogP contribution < -0.4 is 0 Å². The minimum Gasteiger partial charge on any atom is -0.264 e. The Kier molecular flexibility index (Phi) is 1.96. The van der Waals surface area contributed by atoms with Gasteiger partial charge in [0, 0.05) is 24.2 Å². The molecule has 0 saturated heterocycles. The fourth-order valence-corrected chi connectivity index (χ4v) is 1.06. The maximum Gasteiger partial charge on any atom is 0.183 e. The Balaban J connectivity index is 2.48. The van der Waals surface area contributed by atoms with Crippen LogP contribution in [0.4, 0.5) is 0 Å². The zero-order valence-corrected chi connectivity index (χ0v) is 7.18. The number of aromatic nitrogens is 4. The van der Waals surface area contributed by atoms with Gasteiger partial charge in [0.2, 0.25) is 0 Å². The molecule has 2 aromatic heterocycles. The summed E-state index contributed by atoms with van der Waals surface area (Å²) in [5.74, 6) is 0.610. The van der Waals surface area contributed by atoms with Crippen LogP contribution in [0.5, 0.6) is 0 Å². The minimum absolute atomic E-state index is 0.610. The van der Waals surface area contributed by atoms with Gasteiger partial charge in [-0.25, -0.2) is 4.98 Å². The summed E-state index contributed by atoms with van der Waals surface area (Å²) in [6, 6.07) is 1.98. The molecule has 2 aromatic rings. The molecule has 0 N–H and O–H groups in total. The van der Waals surface area contributed by atoms with E-state index in [-0.39, 0.29) is 0 Å². The molecule has 0 amide bonds. The second-order valence-corrected chi connectivity index (χ2v) is 2.72. The lowest BCUT2D eigenvalue weighted by Gasteiger charge is -1.97. The predicted octanol–water partition coefficient (Wildman–Crippen LogP) is 1.24. The molecule has 0 aliphatic carbocycles. The van der Waals surface area contributed by atoms with Crippen molar-refractivity contribution >= 4 is 0 Å². The van der Waals surface area contributed by atoms with Crippen molar-refractivity contribution in [2.75, 3.05) is 0 Å². The molecule has 13 heavy (non-hydrogen) atoms. The molecule has 0 spiro atoms. The van der Waals surface area contributed by atoms with Crippen molar-refractivity contribution in [3.05, 3.63) is 36.4 Å². The molecular formula is C9H8N4. The number of hydrogen-bond acceptors (Lipinski definition) is 4. The Hall–Kier alpha value is -1.84. The average Bonchev–Trinajstić information content (AvgIpc) is 2.19. The molecule has 0 radical (unpaired) electrons. The third-order valence-electron chi connectivity index (χ3n) is 1.62. The van der Waals surface area contributed by atoms with Gasteiger partial charge in [-0.15, -0.1) is 5.10 Å². The van der Waals surface area contributed by atoms with E-state index in [0.717, 1.165) is 11.1 Å². The summed E-state index contributed by atoms with van der Waals surface area (Å²) in [5, 5.41) is 7.64. The Bertz CT molecular complexity index is 399. The molecule has 0 aliphatic rings. The first-order chi connectivity index (χ1) is 6.36. The number of aryl methyl sites for hydroxylation is 1. The van der Waals surface area contributed by atoms with Crippen LogP contribution >= 0.6 is 0 Å². The van der Waals surface area contributed by atoms with Crippen LogP contribution in [0.3, 0.4) is 0 Å². The van der Waals surface area contributed by atoms with Crippen molar-refractivity contribution in [2.45, 2.75) is 6.92 Å². The van der Waals surface area contributed by atoms with E-state index < -0.39 is 0 Å². The maximum atomic E-state index is 4.08. The molecule has 2 rings (SSSR count). The van der Waals surface area contributed by atoms with Crippen molar-refractivity contribution in [2.24, 2.45) is 0 Å². The summed E-state index contributed by atoms with van der Waals surface area (Å²) in [6.45, 7) is 1.98. The van der Waals surface area contributed by atoms with Crippen LogP contribution in [0, 0.1) is 6.92 Å². The van der Waals surface area contributed by atoms with Crippen LogP contribution in [-0.2, 0) is 0 Å². The fourth-order valence-electron chi connectivity index (χ4n) is 1.06. The second-order valence-electron chi connectivity index (χ2n) is 2.72.